The number of halogens is 2. The molecule has 13 nitrogen and oxygen atoms in total. The van der Waals surface area contributed by atoms with Crippen molar-refractivity contribution in [3.05, 3.63) is 136 Å². The second-order valence-electron chi connectivity index (χ2n) is 9.92. The molecular formula is C31H22Cl2N8O5S2. The van der Waals surface area contributed by atoms with Gasteiger partial charge >= 0.3 is 0 Å². The van der Waals surface area contributed by atoms with Crippen LogP contribution in [-0.2, 0) is 24.8 Å². The average molecular weight is 722 g/mol. The van der Waals surface area contributed by atoms with Crippen LogP contribution in [-0.4, -0.2) is 48.5 Å². The number of amidine groups is 1. The number of nitrogens with one attached hydrogen (secondary N) is 3. The third-order valence-electron chi connectivity index (χ3n) is 6.54. The molecule has 17 heteroatoms. The Labute approximate surface area is 285 Å². The van der Waals surface area contributed by atoms with Gasteiger partial charge in [-0.3, -0.25) is 10.2 Å². The Morgan fingerprint density at radius 2 is 1.06 bits per heavy atom. The number of benzene rings is 4. The number of nitrogens with zero attached hydrogens (tertiary/aromatic N) is 5. The summed E-state index contributed by atoms with van der Waals surface area (Å²) < 4.78 is 57.3. The molecule has 1 aliphatic rings. The smallest absolute Gasteiger partial charge is 0.265 e. The third kappa shape index (κ3) is 7.44. The minimum atomic E-state index is -4.29. The summed E-state index contributed by atoms with van der Waals surface area (Å²) in [6.45, 7) is 0. The molecule has 3 N–H and O–H groups in total. The molecule has 6 rings (SSSR count). The molecule has 0 unspecified atom stereocenters. The van der Waals surface area contributed by atoms with Crippen LogP contribution in [0, 0.1) is 0 Å². The summed E-state index contributed by atoms with van der Waals surface area (Å²) in [5, 5.41) is 1.69. The van der Waals surface area contributed by atoms with Gasteiger partial charge in [0.15, 0.2) is 5.84 Å². The van der Waals surface area contributed by atoms with Crippen LogP contribution in [0.1, 0.15) is 11.1 Å². The molecule has 2 heterocycles. The molecule has 48 heavy (non-hydrogen) atoms. The lowest BCUT2D eigenvalue weighted by Crippen LogP contribution is -2.38. The predicted octanol–water partition coefficient (Wildman–Crippen LogP) is 5.44. The Hall–Kier alpha value is -5.35. The molecular weight excluding hydrogens is 699 g/mol. The maximum absolute atomic E-state index is 13.7. The van der Waals surface area contributed by atoms with Crippen LogP contribution in [0.25, 0.3) is 6.08 Å². The maximum atomic E-state index is 13.7. The highest BCUT2D eigenvalue weighted by molar-refractivity contribution is 7.93. The van der Waals surface area contributed by atoms with E-state index in [-0.39, 0.29) is 21.3 Å². The second-order valence-corrected chi connectivity index (χ2v) is 14.2. The molecule has 5 aromatic rings. The molecule has 0 aliphatic carbocycles. The monoisotopic (exact) mass is 720 g/mol. The topological polar surface area (TPSA) is 176 Å². The molecule has 4 aromatic carbocycles. The van der Waals surface area contributed by atoms with Gasteiger partial charge in [-0.1, -0.05) is 83.9 Å². The van der Waals surface area contributed by atoms with E-state index in [1.54, 1.807) is 48.5 Å². The second kappa shape index (κ2) is 13.4. The number of hydrogen-bond donors (Lipinski definition) is 3. The van der Waals surface area contributed by atoms with Crippen molar-refractivity contribution in [2.24, 2.45) is 4.99 Å². The largest absolute Gasteiger partial charge is 0.297 e. The Balaban J connectivity index is 1.40. The zero-order valence-corrected chi connectivity index (χ0v) is 27.5. The number of sulfonamides is 2. The Bertz CT molecular complexity index is 2180. The summed E-state index contributed by atoms with van der Waals surface area (Å²) in [7, 11) is -8.59. The van der Waals surface area contributed by atoms with Crippen molar-refractivity contribution in [2.45, 2.75) is 9.79 Å². The van der Waals surface area contributed by atoms with Crippen molar-refractivity contribution in [3.63, 3.8) is 0 Å². The van der Waals surface area contributed by atoms with Gasteiger partial charge in [0, 0.05) is 15.6 Å². The predicted molar refractivity (Wildman–Crippen MR) is 182 cm³/mol. The van der Waals surface area contributed by atoms with Crippen LogP contribution in [0.15, 0.2) is 130 Å². The van der Waals surface area contributed by atoms with Gasteiger partial charge in [0.25, 0.3) is 26.0 Å². The van der Waals surface area contributed by atoms with Gasteiger partial charge in [-0.2, -0.15) is 20.0 Å². The number of amides is 1. The summed E-state index contributed by atoms with van der Waals surface area (Å²) in [6.07, 6.45) is 1.59. The molecule has 0 spiro atoms. The third-order valence-corrected chi connectivity index (χ3v) is 9.73. The van der Waals surface area contributed by atoms with Gasteiger partial charge in [-0.25, -0.2) is 31.3 Å². The van der Waals surface area contributed by atoms with E-state index in [9.17, 15) is 21.6 Å². The highest BCUT2D eigenvalue weighted by Crippen LogP contribution is 2.25. The van der Waals surface area contributed by atoms with E-state index in [2.05, 4.69) is 34.8 Å². The van der Waals surface area contributed by atoms with Gasteiger partial charge < -0.3 is 0 Å². The molecule has 0 atom stereocenters. The van der Waals surface area contributed by atoms with Gasteiger partial charge in [-0.15, -0.1) is 0 Å². The lowest BCUT2D eigenvalue weighted by molar-refractivity contribution is -0.121. The van der Waals surface area contributed by atoms with Gasteiger partial charge in [0.05, 0.1) is 9.79 Å². The van der Waals surface area contributed by atoms with E-state index in [4.69, 9.17) is 23.2 Å². The van der Waals surface area contributed by atoms with E-state index in [1.807, 2.05) is 18.2 Å². The fourth-order valence-corrected chi connectivity index (χ4v) is 6.45. The number of hydrazine groups is 1. The van der Waals surface area contributed by atoms with Crippen molar-refractivity contribution in [2.75, 3.05) is 14.9 Å². The normalized spacial score (nSPS) is 14.1. The van der Waals surface area contributed by atoms with Gasteiger partial charge in [0.2, 0.25) is 17.8 Å². The molecule has 0 bridgehead atoms. The fourth-order valence-electron chi connectivity index (χ4n) is 4.31. The zero-order chi connectivity index (χ0) is 33.9. The van der Waals surface area contributed by atoms with Crippen LogP contribution >= 0.6 is 23.2 Å². The van der Waals surface area contributed by atoms with Crippen molar-refractivity contribution in [3.8, 4) is 0 Å². The summed E-state index contributed by atoms with van der Waals surface area (Å²) in [5.41, 5.74) is 4.10. The van der Waals surface area contributed by atoms with Crippen LogP contribution in [0.2, 0.25) is 10.0 Å². The molecule has 1 aliphatic heterocycles. The molecule has 1 amide bonds. The Morgan fingerprint density at radius 1 is 0.604 bits per heavy atom. The zero-order valence-electron chi connectivity index (χ0n) is 24.3. The Morgan fingerprint density at radius 3 is 1.56 bits per heavy atom. The summed E-state index contributed by atoms with van der Waals surface area (Å²) in [6, 6.07) is 28.4. The van der Waals surface area contributed by atoms with Crippen molar-refractivity contribution < 1.29 is 21.6 Å². The minimum Gasteiger partial charge on any atom is -0.265 e. The number of carbonyl (C=O) groups is 1. The first-order valence-corrected chi connectivity index (χ1v) is 17.5. The Kier molecular flexibility index (Phi) is 9.10. The number of rotatable bonds is 10. The van der Waals surface area contributed by atoms with Crippen LogP contribution < -0.4 is 14.9 Å². The number of anilines is 3. The summed E-state index contributed by atoms with van der Waals surface area (Å²) >= 11 is 11.8. The fraction of sp³-hybridized carbons (Fsp3) is 0. The van der Waals surface area contributed by atoms with Crippen molar-refractivity contribution in [1.82, 2.24) is 20.0 Å². The molecule has 0 saturated heterocycles. The van der Waals surface area contributed by atoms with Crippen molar-refractivity contribution >= 4 is 78.9 Å². The summed E-state index contributed by atoms with van der Waals surface area (Å²) in [5.74, 6) is -1.95. The van der Waals surface area contributed by atoms with Crippen LogP contribution in [0.5, 0.6) is 0 Å². The lowest BCUT2D eigenvalue weighted by Gasteiger charge is -2.20. The van der Waals surface area contributed by atoms with Crippen molar-refractivity contribution in [1.29, 1.82) is 0 Å². The van der Waals surface area contributed by atoms with E-state index in [0.717, 1.165) is 10.6 Å². The molecule has 0 radical (unpaired) electrons. The van der Waals surface area contributed by atoms with Gasteiger partial charge in [-0.05, 0) is 60.2 Å². The number of hydrogen-bond acceptors (Lipinski definition) is 10. The minimum absolute atomic E-state index is 0.0777. The maximum Gasteiger partial charge on any atom is 0.297 e. The summed E-state index contributed by atoms with van der Waals surface area (Å²) in [4.78, 5) is 30.2. The first-order valence-electron chi connectivity index (χ1n) is 13.8. The van der Waals surface area contributed by atoms with E-state index in [0.29, 0.717) is 15.6 Å². The van der Waals surface area contributed by atoms with E-state index >= 15 is 0 Å². The molecule has 0 fully saturated rings. The van der Waals surface area contributed by atoms with Crippen LogP contribution in [0.3, 0.4) is 0 Å². The van der Waals surface area contributed by atoms with E-state index in [1.165, 1.54) is 48.5 Å². The highest BCUT2D eigenvalue weighted by atomic mass is 35.5. The number of carbonyl (C=O) groups excluding carboxylic acids is 1. The molecule has 0 saturated carbocycles. The van der Waals surface area contributed by atoms with Gasteiger partial charge in [0.1, 0.15) is 5.70 Å². The van der Waals surface area contributed by atoms with Crippen LogP contribution in [0.4, 0.5) is 17.8 Å². The number of aliphatic imine (C=N–C) groups is 1. The standard InChI is InChI=1S/C31H22Cl2N8O5S2/c32-22-11-15-24(16-12-22)47(43,44)39-30-35-29(36-31(37-30)40-48(45,46)25-17-13-23(33)14-18-25)38-41-27(21-9-5-2-6-10-21)34-26(28(41)42)19-20-7-3-1-4-8-20/h1-19H,(H3,35,36,37,38,39,40)/b26-19+. The van der Waals surface area contributed by atoms with E-state index < -0.39 is 43.8 Å². The lowest BCUT2D eigenvalue weighted by atomic mass is 10.2. The molecule has 242 valence electrons. The first kappa shape index (κ1) is 32.6. The SMILES string of the molecule is O=C1/C(=C\c2ccccc2)N=C(c2ccccc2)N1Nc1nc(NS(=O)(=O)c2ccc(Cl)cc2)nc(NS(=O)(=O)c2ccc(Cl)cc2)n1. The number of aromatic nitrogens is 3. The highest BCUT2D eigenvalue weighted by Gasteiger charge is 2.33. The average Bonchev–Trinajstić information content (AvgIpc) is 3.35. The first-order chi connectivity index (χ1) is 23.0. The molecule has 1 aromatic heterocycles. The quantitative estimate of drug-likeness (QED) is 0.159.